The standard InChI is InChI=1S/C30H29F2N7O4/c1-33-21-10-20(31)26(32)24-16(21)9-22-25(24)27(37(2)3)18(12-35-22)15-8-17-28(41)19(30(42)43)13-39(29(17)36-11-15)7-6-38-5-4-34-23(40)14-38/h8,10-13,33H,4-7,9,14H2,1-3H3,(H,34,40)(H,42,43). The molecule has 0 atom stereocenters. The molecular formula is C30H29F2N7O4. The van der Waals surface area contributed by atoms with Crippen LogP contribution in [-0.4, -0.2) is 83.7 Å². The quantitative estimate of drug-likeness (QED) is 0.262. The Balaban J connectivity index is 1.50. The monoisotopic (exact) mass is 589 g/mol. The van der Waals surface area contributed by atoms with Crippen LogP contribution in [0.1, 0.15) is 21.6 Å². The van der Waals surface area contributed by atoms with Gasteiger partial charge in [-0.05, 0) is 11.6 Å². The van der Waals surface area contributed by atoms with Crippen molar-refractivity contribution in [3.8, 4) is 22.3 Å². The number of rotatable bonds is 7. The second kappa shape index (κ2) is 10.7. The Labute approximate surface area is 244 Å². The first-order valence-electron chi connectivity index (χ1n) is 13.7. The summed E-state index contributed by atoms with van der Waals surface area (Å²) in [5, 5.41) is 15.6. The molecule has 3 aromatic heterocycles. The Bertz CT molecular complexity index is 1890. The van der Waals surface area contributed by atoms with E-state index in [1.54, 1.807) is 49.1 Å². The van der Waals surface area contributed by atoms with Gasteiger partial charge in [0.15, 0.2) is 11.6 Å². The molecule has 4 heterocycles. The zero-order chi connectivity index (χ0) is 30.6. The molecule has 4 aromatic rings. The number of carbonyl (C=O) groups is 2. The summed E-state index contributed by atoms with van der Waals surface area (Å²) in [6, 6.07) is 2.70. The van der Waals surface area contributed by atoms with E-state index in [0.29, 0.717) is 71.9 Å². The number of carboxylic acid groups (broad SMARTS) is 1. The second-order valence-corrected chi connectivity index (χ2v) is 10.8. The number of hydrogen-bond acceptors (Lipinski definition) is 8. The van der Waals surface area contributed by atoms with Gasteiger partial charge in [-0.25, -0.2) is 18.6 Å². The molecule has 11 nitrogen and oxygen atoms in total. The fourth-order valence-electron chi connectivity index (χ4n) is 5.99. The number of aromatic nitrogens is 3. The van der Waals surface area contributed by atoms with E-state index in [1.165, 1.54) is 6.20 Å². The second-order valence-electron chi connectivity index (χ2n) is 10.8. The van der Waals surface area contributed by atoms with Crippen molar-refractivity contribution in [3.05, 3.63) is 69.4 Å². The summed E-state index contributed by atoms with van der Waals surface area (Å²) in [6.07, 6.45) is 4.75. The summed E-state index contributed by atoms with van der Waals surface area (Å²) in [5.41, 5.74) is 2.97. The first-order valence-corrected chi connectivity index (χ1v) is 13.7. The van der Waals surface area contributed by atoms with Crippen molar-refractivity contribution < 1.29 is 23.5 Å². The molecule has 222 valence electrons. The number of carboxylic acids is 1. The van der Waals surface area contributed by atoms with Crippen LogP contribution in [0.2, 0.25) is 0 Å². The fourth-order valence-corrected chi connectivity index (χ4v) is 5.99. The van der Waals surface area contributed by atoms with Gasteiger partial charge in [-0.3, -0.25) is 19.5 Å². The number of nitrogens with zero attached hydrogens (tertiary/aromatic N) is 5. The number of carbonyl (C=O) groups excluding carboxylic acids is 1. The lowest BCUT2D eigenvalue weighted by Gasteiger charge is -2.27. The molecule has 0 saturated carbocycles. The van der Waals surface area contributed by atoms with Crippen LogP contribution in [0.5, 0.6) is 0 Å². The highest BCUT2D eigenvalue weighted by atomic mass is 19.2. The van der Waals surface area contributed by atoms with Crippen molar-refractivity contribution in [2.24, 2.45) is 0 Å². The summed E-state index contributed by atoms with van der Waals surface area (Å²) in [4.78, 5) is 50.1. The summed E-state index contributed by atoms with van der Waals surface area (Å²) >= 11 is 0. The molecule has 1 fully saturated rings. The maximum absolute atomic E-state index is 15.3. The minimum absolute atomic E-state index is 0.0860. The normalized spacial score (nSPS) is 14.4. The van der Waals surface area contributed by atoms with Gasteiger partial charge < -0.3 is 25.2 Å². The number of amides is 1. The lowest BCUT2D eigenvalue weighted by atomic mass is 9.97. The molecule has 0 bridgehead atoms. The fraction of sp³-hybridized carbons (Fsp3) is 0.300. The van der Waals surface area contributed by atoms with Crippen LogP contribution in [0.4, 0.5) is 20.2 Å². The van der Waals surface area contributed by atoms with E-state index in [1.807, 2.05) is 4.90 Å². The summed E-state index contributed by atoms with van der Waals surface area (Å²) in [7, 11) is 5.19. The first-order chi connectivity index (χ1) is 20.6. The molecule has 1 aromatic carbocycles. The Morgan fingerprint density at radius 1 is 1.14 bits per heavy atom. The topological polar surface area (TPSA) is 133 Å². The molecule has 1 aliphatic heterocycles. The summed E-state index contributed by atoms with van der Waals surface area (Å²) < 4.78 is 31.6. The number of piperazine rings is 1. The molecule has 2 aliphatic rings. The zero-order valence-electron chi connectivity index (χ0n) is 23.8. The third-order valence-electron chi connectivity index (χ3n) is 8.00. The number of halogens is 2. The molecule has 3 N–H and O–H groups in total. The lowest BCUT2D eigenvalue weighted by molar-refractivity contribution is -0.124. The molecule has 0 radical (unpaired) electrons. The highest BCUT2D eigenvalue weighted by molar-refractivity contribution is 5.98. The summed E-state index contributed by atoms with van der Waals surface area (Å²) in [6.45, 7) is 2.14. The predicted molar refractivity (Wildman–Crippen MR) is 158 cm³/mol. The predicted octanol–water partition coefficient (Wildman–Crippen LogP) is 2.55. The number of pyridine rings is 3. The maximum Gasteiger partial charge on any atom is 0.341 e. The van der Waals surface area contributed by atoms with E-state index >= 15 is 4.39 Å². The number of hydrogen-bond donors (Lipinski definition) is 3. The van der Waals surface area contributed by atoms with E-state index in [0.717, 1.165) is 6.07 Å². The molecule has 0 unspecified atom stereocenters. The molecule has 6 rings (SSSR count). The highest BCUT2D eigenvalue weighted by Crippen LogP contribution is 2.49. The van der Waals surface area contributed by atoms with Gasteiger partial charge in [0, 0.05) is 106 Å². The highest BCUT2D eigenvalue weighted by Gasteiger charge is 2.33. The van der Waals surface area contributed by atoms with Crippen LogP contribution in [0.15, 0.2) is 35.5 Å². The molecular weight excluding hydrogens is 560 g/mol. The van der Waals surface area contributed by atoms with Crippen molar-refractivity contribution >= 4 is 34.3 Å². The van der Waals surface area contributed by atoms with Gasteiger partial charge >= 0.3 is 5.97 Å². The number of anilines is 2. The van der Waals surface area contributed by atoms with Crippen LogP contribution < -0.4 is 21.0 Å². The van der Waals surface area contributed by atoms with E-state index in [9.17, 15) is 23.9 Å². The lowest BCUT2D eigenvalue weighted by Crippen LogP contribution is -2.48. The van der Waals surface area contributed by atoms with E-state index in [4.69, 9.17) is 0 Å². The van der Waals surface area contributed by atoms with E-state index < -0.39 is 28.6 Å². The Kier molecular flexibility index (Phi) is 7.04. The van der Waals surface area contributed by atoms with Gasteiger partial charge in [0.05, 0.1) is 23.3 Å². The van der Waals surface area contributed by atoms with Crippen LogP contribution in [0.3, 0.4) is 0 Å². The summed E-state index contributed by atoms with van der Waals surface area (Å²) in [5.74, 6) is -3.40. The van der Waals surface area contributed by atoms with Gasteiger partial charge in [0.1, 0.15) is 11.2 Å². The van der Waals surface area contributed by atoms with Crippen molar-refractivity contribution in [1.82, 2.24) is 24.8 Å². The van der Waals surface area contributed by atoms with Crippen molar-refractivity contribution in [1.29, 1.82) is 0 Å². The van der Waals surface area contributed by atoms with Crippen LogP contribution in [0.25, 0.3) is 33.3 Å². The zero-order valence-corrected chi connectivity index (χ0v) is 23.8. The minimum atomic E-state index is -1.37. The third-order valence-corrected chi connectivity index (χ3v) is 8.00. The van der Waals surface area contributed by atoms with Gasteiger partial charge in [0.25, 0.3) is 0 Å². The van der Waals surface area contributed by atoms with Gasteiger partial charge in [-0.2, -0.15) is 0 Å². The maximum atomic E-state index is 15.3. The van der Waals surface area contributed by atoms with Gasteiger partial charge in [0.2, 0.25) is 11.3 Å². The van der Waals surface area contributed by atoms with Crippen LogP contribution in [-0.2, 0) is 17.8 Å². The molecule has 43 heavy (non-hydrogen) atoms. The Morgan fingerprint density at radius 3 is 2.63 bits per heavy atom. The number of aromatic carboxylic acids is 1. The van der Waals surface area contributed by atoms with Crippen molar-refractivity contribution in [3.63, 3.8) is 0 Å². The number of nitrogens with one attached hydrogen (secondary N) is 2. The minimum Gasteiger partial charge on any atom is -0.477 e. The first kappa shape index (κ1) is 28.2. The van der Waals surface area contributed by atoms with Gasteiger partial charge in [-0.15, -0.1) is 0 Å². The average Bonchev–Trinajstić information content (AvgIpc) is 3.37. The molecule has 1 saturated heterocycles. The number of fused-ring (bicyclic) bond motifs is 4. The van der Waals surface area contributed by atoms with Gasteiger partial charge in [-0.1, -0.05) is 0 Å². The molecule has 13 heteroatoms. The van der Waals surface area contributed by atoms with Crippen LogP contribution >= 0.6 is 0 Å². The van der Waals surface area contributed by atoms with Crippen molar-refractivity contribution in [2.45, 2.75) is 13.0 Å². The largest absolute Gasteiger partial charge is 0.477 e. The Hall–Kier alpha value is -4.91. The van der Waals surface area contributed by atoms with Crippen molar-refractivity contribution in [2.75, 3.05) is 57.5 Å². The Morgan fingerprint density at radius 2 is 1.93 bits per heavy atom. The number of benzene rings is 1. The molecule has 1 aliphatic carbocycles. The van der Waals surface area contributed by atoms with E-state index in [-0.39, 0.29) is 29.0 Å². The molecule has 1 amide bonds. The third kappa shape index (κ3) is 4.75. The molecule has 0 spiro atoms. The SMILES string of the molecule is CNc1cc(F)c(F)c2c1Cc1ncc(-c3cnc4c(c3)c(=O)c(C(=O)O)cn4CCN3CCNC(=O)C3)c(N(C)C)c1-2. The average molecular weight is 590 g/mol. The van der Waals surface area contributed by atoms with Crippen LogP contribution in [0, 0.1) is 11.6 Å². The van der Waals surface area contributed by atoms with E-state index in [2.05, 4.69) is 20.6 Å². The smallest absolute Gasteiger partial charge is 0.341 e.